The number of aryl methyl sites for hydroxylation is 2. The smallest absolute Gasteiger partial charge is 0.308 e. The second-order valence-corrected chi connectivity index (χ2v) is 6.20. The Labute approximate surface area is 149 Å². The van der Waals surface area contributed by atoms with Gasteiger partial charge in [0.05, 0.1) is 11.4 Å². The monoisotopic (exact) mass is 350 g/mol. The Morgan fingerprint density at radius 3 is 2.81 bits per heavy atom. The van der Waals surface area contributed by atoms with Gasteiger partial charge in [-0.2, -0.15) is 9.78 Å². The molecule has 0 fully saturated rings. The van der Waals surface area contributed by atoms with Crippen molar-refractivity contribution < 1.29 is 4.79 Å². The van der Waals surface area contributed by atoms with Crippen molar-refractivity contribution in [1.82, 2.24) is 19.7 Å². The highest BCUT2D eigenvalue weighted by Gasteiger charge is 2.20. The zero-order valence-corrected chi connectivity index (χ0v) is 14.2. The van der Waals surface area contributed by atoms with E-state index in [2.05, 4.69) is 25.7 Å². The highest BCUT2D eigenvalue weighted by Crippen LogP contribution is 2.19. The van der Waals surface area contributed by atoms with Gasteiger partial charge >= 0.3 is 6.03 Å². The van der Waals surface area contributed by atoms with Crippen molar-refractivity contribution in [3.05, 3.63) is 63.7 Å². The Balaban J connectivity index is 1.62. The van der Waals surface area contributed by atoms with Gasteiger partial charge in [-0.3, -0.25) is 15.1 Å². The number of anilines is 2. The number of urea groups is 1. The van der Waals surface area contributed by atoms with E-state index < -0.39 is 6.03 Å². The molecule has 0 aliphatic heterocycles. The summed E-state index contributed by atoms with van der Waals surface area (Å²) >= 11 is 0. The molecule has 0 bridgehead atoms. The van der Waals surface area contributed by atoms with Crippen molar-refractivity contribution in [3.8, 4) is 5.95 Å². The molecule has 0 spiro atoms. The molecule has 0 radical (unpaired) electrons. The number of aromatic amines is 1. The Bertz CT molecular complexity index is 1020. The number of carbonyl (C=O) groups is 1. The molecule has 26 heavy (non-hydrogen) atoms. The molecule has 0 saturated heterocycles. The number of H-pyrrole nitrogens is 1. The molecule has 1 aliphatic carbocycles. The number of nitrogens with zero attached hydrogens (tertiary/aromatic N) is 3. The van der Waals surface area contributed by atoms with E-state index in [0.29, 0.717) is 23.1 Å². The quantitative estimate of drug-likeness (QED) is 0.674. The van der Waals surface area contributed by atoms with E-state index in [1.807, 2.05) is 25.1 Å². The molecule has 2 amide bonds. The SMILES string of the molecule is Cc1cc(NC(=O)Nc2ccccc2)n(-c2nc3c(c(=O)[nH]2)CCC3)n1. The number of nitrogens with one attached hydrogen (secondary N) is 3. The molecular weight excluding hydrogens is 332 g/mol. The van der Waals surface area contributed by atoms with Crippen molar-refractivity contribution in [3.63, 3.8) is 0 Å². The molecule has 0 atom stereocenters. The molecule has 1 aromatic carbocycles. The highest BCUT2D eigenvalue weighted by atomic mass is 16.2. The van der Waals surface area contributed by atoms with Crippen LogP contribution in [0.5, 0.6) is 0 Å². The van der Waals surface area contributed by atoms with E-state index in [0.717, 1.165) is 30.5 Å². The minimum Gasteiger partial charge on any atom is -0.308 e. The molecule has 0 unspecified atom stereocenters. The molecule has 2 aromatic heterocycles. The lowest BCUT2D eigenvalue weighted by Gasteiger charge is -2.10. The number of hydrogen-bond acceptors (Lipinski definition) is 4. The number of aromatic nitrogens is 4. The summed E-state index contributed by atoms with van der Waals surface area (Å²) in [5.74, 6) is 0.732. The number of benzene rings is 1. The average molecular weight is 350 g/mol. The van der Waals surface area contributed by atoms with Gasteiger partial charge in [-0.05, 0) is 38.3 Å². The van der Waals surface area contributed by atoms with Crippen LogP contribution >= 0.6 is 0 Å². The van der Waals surface area contributed by atoms with Gasteiger partial charge in [-0.1, -0.05) is 18.2 Å². The summed E-state index contributed by atoms with van der Waals surface area (Å²) in [7, 11) is 0. The van der Waals surface area contributed by atoms with Gasteiger partial charge in [0.15, 0.2) is 0 Å². The van der Waals surface area contributed by atoms with Crippen LogP contribution < -0.4 is 16.2 Å². The van der Waals surface area contributed by atoms with Gasteiger partial charge < -0.3 is 5.32 Å². The second kappa shape index (κ2) is 6.47. The maximum atomic E-state index is 12.3. The van der Waals surface area contributed by atoms with Gasteiger partial charge in [0, 0.05) is 17.3 Å². The van der Waals surface area contributed by atoms with Gasteiger partial charge in [0.2, 0.25) is 5.95 Å². The minimum absolute atomic E-state index is 0.143. The Hall–Kier alpha value is -3.42. The van der Waals surface area contributed by atoms with E-state index in [4.69, 9.17) is 0 Å². The molecule has 8 heteroatoms. The lowest BCUT2D eigenvalue weighted by molar-refractivity contribution is 0.262. The fourth-order valence-corrected chi connectivity index (χ4v) is 3.08. The molecule has 2 heterocycles. The summed E-state index contributed by atoms with van der Waals surface area (Å²) in [4.78, 5) is 31.8. The third kappa shape index (κ3) is 3.08. The third-order valence-corrected chi connectivity index (χ3v) is 4.23. The van der Waals surface area contributed by atoms with E-state index >= 15 is 0 Å². The summed E-state index contributed by atoms with van der Waals surface area (Å²) in [6.07, 6.45) is 2.46. The summed E-state index contributed by atoms with van der Waals surface area (Å²) in [5.41, 5.74) is 2.78. The lowest BCUT2D eigenvalue weighted by atomic mass is 10.3. The highest BCUT2D eigenvalue weighted by molar-refractivity contribution is 5.99. The number of hydrogen-bond donors (Lipinski definition) is 3. The van der Waals surface area contributed by atoms with Gasteiger partial charge in [-0.25, -0.2) is 9.78 Å². The first-order chi connectivity index (χ1) is 12.6. The molecular formula is C18H18N6O2. The first-order valence-electron chi connectivity index (χ1n) is 8.42. The zero-order valence-electron chi connectivity index (χ0n) is 14.2. The van der Waals surface area contributed by atoms with Crippen LogP contribution in [-0.2, 0) is 12.8 Å². The first-order valence-corrected chi connectivity index (χ1v) is 8.42. The number of para-hydroxylation sites is 1. The van der Waals surface area contributed by atoms with Crippen LogP contribution in [0.25, 0.3) is 5.95 Å². The maximum absolute atomic E-state index is 12.3. The predicted molar refractivity (Wildman–Crippen MR) is 97.8 cm³/mol. The largest absolute Gasteiger partial charge is 0.324 e. The van der Waals surface area contributed by atoms with Crippen LogP contribution in [0.2, 0.25) is 0 Å². The molecule has 0 saturated carbocycles. The van der Waals surface area contributed by atoms with Gasteiger partial charge in [0.25, 0.3) is 5.56 Å². The van der Waals surface area contributed by atoms with E-state index in [1.165, 1.54) is 4.68 Å². The molecule has 4 rings (SSSR count). The number of rotatable bonds is 3. The zero-order chi connectivity index (χ0) is 18.1. The summed E-state index contributed by atoms with van der Waals surface area (Å²) in [5, 5.41) is 9.85. The van der Waals surface area contributed by atoms with Crippen LogP contribution in [0.1, 0.15) is 23.4 Å². The van der Waals surface area contributed by atoms with Gasteiger partial charge in [0.1, 0.15) is 5.82 Å². The predicted octanol–water partition coefficient (Wildman–Crippen LogP) is 2.40. The fraction of sp³-hybridized carbons (Fsp3) is 0.222. The molecule has 8 nitrogen and oxygen atoms in total. The topological polar surface area (TPSA) is 105 Å². The maximum Gasteiger partial charge on any atom is 0.324 e. The van der Waals surface area contributed by atoms with E-state index in [-0.39, 0.29) is 5.56 Å². The third-order valence-electron chi connectivity index (χ3n) is 4.23. The van der Waals surface area contributed by atoms with Crippen LogP contribution in [-0.4, -0.2) is 25.8 Å². The lowest BCUT2D eigenvalue weighted by Crippen LogP contribution is -2.23. The number of fused-ring (bicyclic) bond motifs is 1. The standard InChI is InChI=1S/C18H18N6O2/c1-11-10-15(21-18(26)19-12-6-3-2-4-7-12)24(23-11)17-20-14-9-5-8-13(14)16(25)22-17/h2-4,6-7,10H,5,8-9H2,1H3,(H2,19,21,26)(H,20,22,25). The van der Waals surface area contributed by atoms with Crippen molar-refractivity contribution in [2.75, 3.05) is 10.6 Å². The second-order valence-electron chi connectivity index (χ2n) is 6.20. The Morgan fingerprint density at radius 2 is 2.00 bits per heavy atom. The Kier molecular flexibility index (Phi) is 4.00. The summed E-state index contributed by atoms with van der Waals surface area (Å²) in [6.45, 7) is 1.81. The van der Waals surface area contributed by atoms with Crippen molar-refractivity contribution in [2.45, 2.75) is 26.2 Å². The van der Waals surface area contributed by atoms with E-state index in [9.17, 15) is 9.59 Å². The van der Waals surface area contributed by atoms with Crippen LogP contribution in [0.15, 0.2) is 41.2 Å². The van der Waals surface area contributed by atoms with E-state index in [1.54, 1.807) is 18.2 Å². The molecule has 3 aromatic rings. The molecule has 3 N–H and O–H groups in total. The Morgan fingerprint density at radius 1 is 1.19 bits per heavy atom. The van der Waals surface area contributed by atoms with Crippen molar-refractivity contribution in [2.24, 2.45) is 0 Å². The normalized spacial score (nSPS) is 12.7. The van der Waals surface area contributed by atoms with Crippen LogP contribution in [0.3, 0.4) is 0 Å². The van der Waals surface area contributed by atoms with Gasteiger partial charge in [-0.15, -0.1) is 0 Å². The number of carbonyl (C=O) groups excluding carboxylic acids is 1. The van der Waals surface area contributed by atoms with Crippen molar-refractivity contribution >= 4 is 17.5 Å². The molecule has 1 aliphatic rings. The fourth-order valence-electron chi connectivity index (χ4n) is 3.08. The summed E-state index contributed by atoms with van der Waals surface area (Å²) < 4.78 is 1.44. The van der Waals surface area contributed by atoms with Crippen molar-refractivity contribution in [1.29, 1.82) is 0 Å². The number of amides is 2. The first kappa shape index (κ1) is 16.1. The van der Waals surface area contributed by atoms with Crippen LogP contribution in [0.4, 0.5) is 16.3 Å². The summed E-state index contributed by atoms with van der Waals surface area (Å²) in [6, 6.07) is 10.5. The minimum atomic E-state index is -0.402. The molecule has 132 valence electrons. The average Bonchev–Trinajstić information content (AvgIpc) is 3.22. The van der Waals surface area contributed by atoms with Crippen LogP contribution in [0, 0.1) is 6.92 Å².